The highest BCUT2D eigenvalue weighted by Gasteiger charge is 2.26. The average molecular weight is 743 g/mol. The Morgan fingerprint density at radius 1 is 0.500 bits per heavy atom. The van der Waals surface area contributed by atoms with Crippen LogP contribution < -0.4 is 5.32 Å². The van der Waals surface area contributed by atoms with Gasteiger partial charge >= 0.3 is 0 Å². The summed E-state index contributed by atoms with van der Waals surface area (Å²) >= 11 is 0. The Labute approximate surface area is 336 Å². The first-order valence-corrected chi connectivity index (χ1v) is 20.2. The largest absolute Gasteiger partial charge is 0.359 e. The normalized spacial score (nSPS) is 14.8. The molecule has 10 aromatic rings. The number of hydrogen-bond donors (Lipinski definition) is 1. The molecule has 0 fully saturated rings. The number of allylic oxidation sites excluding steroid dienone is 1. The van der Waals surface area contributed by atoms with Crippen LogP contribution in [0.1, 0.15) is 40.5 Å². The molecule has 0 spiro atoms. The van der Waals surface area contributed by atoms with E-state index >= 15 is 0 Å². The zero-order valence-corrected chi connectivity index (χ0v) is 31.8. The van der Waals surface area contributed by atoms with Gasteiger partial charge in [0, 0.05) is 55.3 Å². The van der Waals surface area contributed by atoms with E-state index in [2.05, 4.69) is 209 Å². The van der Waals surface area contributed by atoms with Crippen molar-refractivity contribution < 1.29 is 0 Å². The third-order valence-corrected chi connectivity index (χ3v) is 12.2. The van der Waals surface area contributed by atoms with Gasteiger partial charge in [-0.05, 0) is 77.4 Å². The van der Waals surface area contributed by atoms with Gasteiger partial charge in [-0.3, -0.25) is 4.99 Å². The van der Waals surface area contributed by atoms with Crippen molar-refractivity contribution in [3.05, 3.63) is 216 Å². The summed E-state index contributed by atoms with van der Waals surface area (Å²) in [6.45, 7) is 0. The number of nitrogens with one attached hydrogen (secondary N) is 1. The number of para-hydroxylation sites is 2. The molecule has 12 rings (SSSR count). The topological polar surface area (TPSA) is 34.2 Å². The minimum Gasteiger partial charge on any atom is -0.359 e. The maximum Gasteiger partial charge on any atom is 0.145 e. The monoisotopic (exact) mass is 742 g/mol. The van der Waals surface area contributed by atoms with E-state index in [0.29, 0.717) is 0 Å². The SMILES string of the molecule is C1=Cc2c(n(-c3ccc4c(c3)c3ccccc3n4-c3cccc(C4N=C(c5ccc(-c6ccccc6)cc5)c5ccc6ccccc6c5N4)c3)c3ccccc23)CC1. The van der Waals surface area contributed by atoms with E-state index in [4.69, 9.17) is 4.99 Å². The van der Waals surface area contributed by atoms with Crippen LogP contribution >= 0.6 is 0 Å². The molecular weight excluding hydrogens is 705 g/mol. The Bertz CT molecular complexity index is 3310. The summed E-state index contributed by atoms with van der Waals surface area (Å²) in [5, 5.41) is 10.1. The van der Waals surface area contributed by atoms with Gasteiger partial charge in [0.2, 0.25) is 0 Å². The van der Waals surface area contributed by atoms with Gasteiger partial charge in [0.1, 0.15) is 6.17 Å². The minimum atomic E-state index is -0.288. The Hall–Kier alpha value is -7.43. The number of aliphatic imine (C=N–C) groups is 1. The van der Waals surface area contributed by atoms with Gasteiger partial charge in [-0.15, -0.1) is 0 Å². The van der Waals surface area contributed by atoms with Crippen molar-refractivity contribution in [2.24, 2.45) is 4.99 Å². The Morgan fingerprint density at radius 2 is 1.19 bits per heavy atom. The molecule has 4 nitrogen and oxygen atoms in total. The van der Waals surface area contributed by atoms with E-state index < -0.39 is 0 Å². The Balaban J connectivity index is 0.994. The van der Waals surface area contributed by atoms with Crippen LogP contribution in [0.2, 0.25) is 0 Å². The van der Waals surface area contributed by atoms with Gasteiger partial charge in [-0.25, -0.2) is 0 Å². The second-order valence-corrected chi connectivity index (χ2v) is 15.5. The Kier molecular flexibility index (Phi) is 7.39. The summed E-state index contributed by atoms with van der Waals surface area (Å²) in [6.07, 6.45) is 6.43. The lowest BCUT2D eigenvalue weighted by Crippen LogP contribution is -2.21. The minimum absolute atomic E-state index is 0.288. The van der Waals surface area contributed by atoms with E-state index in [1.54, 1.807) is 0 Å². The van der Waals surface area contributed by atoms with Gasteiger partial charge in [-0.2, -0.15) is 0 Å². The lowest BCUT2D eigenvalue weighted by Gasteiger charge is -2.28. The second-order valence-electron chi connectivity index (χ2n) is 15.5. The molecule has 1 atom stereocenters. The van der Waals surface area contributed by atoms with Crippen LogP contribution in [-0.2, 0) is 6.42 Å². The summed E-state index contributed by atoms with van der Waals surface area (Å²) in [7, 11) is 0. The molecule has 0 saturated carbocycles. The van der Waals surface area contributed by atoms with Crippen molar-refractivity contribution in [2.75, 3.05) is 5.32 Å². The first kappa shape index (κ1) is 32.8. The van der Waals surface area contributed by atoms with Crippen LogP contribution in [0.15, 0.2) is 193 Å². The smallest absolute Gasteiger partial charge is 0.145 e. The molecule has 0 bridgehead atoms. The number of nitrogens with zero attached hydrogens (tertiary/aromatic N) is 3. The maximum absolute atomic E-state index is 5.51. The summed E-state index contributed by atoms with van der Waals surface area (Å²) < 4.78 is 4.91. The highest BCUT2D eigenvalue weighted by molar-refractivity contribution is 6.20. The van der Waals surface area contributed by atoms with Crippen LogP contribution in [0.3, 0.4) is 0 Å². The highest BCUT2D eigenvalue weighted by Crippen LogP contribution is 2.40. The van der Waals surface area contributed by atoms with Gasteiger partial charge < -0.3 is 14.5 Å². The van der Waals surface area contributed by atoms with Gasteiger partial charge in [0.25, 0.3) is 0 Å². The Morgan fingerprint density at radius 3 is 2.05 bits per heavy atom. The zero-order valence-electron chi connectivity index (χ0n) is 31.8. The third kappa shape index (κ3) is 5.12. The predicted molar refractivity (Wildman–Crippen MR) is 243 cm³/mol. The summed E-state index contributed by atoms with van der Waals surface area (Å²) in [4.78, 5) is 5.51. The molecule has 1 N–H and O–H groups in total. The van der Waals surface area contributed by atoms with Gasteiger partial charge in [0.05, 0.1) is 27.9 Å². The van der Waals surface area contributed by atoms with Crippen molar-refractivity contribution in [1.29, 1.82) is 0 Å². The predicted octanol–water partition coefficient (Wildman–Crippen LogP) is 13.5. The van der Waals surface area contributed by atoms with Crippen molar-refractivity contribution in [3.63, 3.8) is 0 Å². The number of aromatic nitrogens is 2. The first-order valence-electron chi connectivity index (χ1n) is 20.2. The van der Waals surface area contributed by atoms with E-state index in [1.165, 1.54) is 71.6 Å². The fraction of sp³-hybridized carbons (Fsp3) is 0.0556. The molecular formula is C54H38N4. The molecule has 3 heterocycles. The van der Waals surface area contributed by atoms with Gasteiger partial charge in [0.15, 0.2) is 0 Å². The van der Waals surface area contributed by atoms with Crippen molar-refractivity contribution in [3.8, 4) is 22.5 Å². The number of fused-ring (bicyclic) bond motifs is 9. The molecule has 1 unspecified atom stereocenters. The molecule has 2 aromatic heterocycles. The standard InChI is InChI=1S/C54H38N4/c1-2-13-35(14-3-1)36-25-27-38(28-26-36)52-46-31-29-37-15-4-5-18-42(37)53(46)56-54(55-52)39-16-12-17-40(33-39)57-50-24-11-8-21-45(50)47-34-41(30-32-51(47)57)58-48-22-9-6-19-43(48)44-20-7-10-23-49(44)58/h1-9,11-22,24-34,54,56H,10,23H2. The number of anilines is 1. The van der Waals surface area contributed by atoms with Crippen molar-refractivity contribution in [2.45, 2.75) is 19.0 Å². The summed E-state index contributed by atoms with van der Waals surface area (Å²) in [5.41, 5.74) is 16.5. The van der Waals surface area contributed by atoms with E-state index in [0.717, 1.165) is 46.6 Å². The lowest BCUT2D eigenvalue weighted by molar-refractivity contribution is 0.828. The average Bonchev–Trinajstić information content (AvgIpc) is 3.81. The van der Waals surface area contributed by atoms with Crippen LogP contribution in [0.5, 0.6) is 0 Å². The van der Waals surface area contributed by atoms with E-state index in [9.17, 15) is 0 Å². The molecule has 1 aliphatic heterocycles. The number of hydrogen-bond acceptors (Lipinski definition) is 2. The quantitative estimate of drug-likeness (QED) is 0.187. The van der Waals surface area contributed by atoms with Crippen LogP contribution in [-0.4, -0.2) is 14.8 Å². The maximum atomic E-state index is 5.51. The molecule has 8 aromatic carbocycles. The van der Waals surface area contributed by atoms with Crippen LogP contribution in [0, 0.1) is 0 Å². The first-order chi connectivity index (χ1) is 28.8. The molecule has 58 heavy (non-hydrogen) atoms. The number of benzene rings is 8. The van der Waals surface area contributed by atoms with E-state index in [1.807, 2.05) is 0 Å². The lowest BCUT2D eigenvalue weighted by atomic mass is 9.93. The molecule has 4 heteroatoms. The summed E-state index contributed by atoms with van der Waals surface area (Å²) in [6, 6.07) is 66.0. The highest BCUT2D eigenvalue weighted by atomic mass is 15.1. The van der Waals surface area contributed by atoms with Gasteiger partial charge in [-0.1, -0.05) is 152 Å². The van der Waals surface area contributed by atoms with Crippen LogP contribution in [0.25, 0.3) is 72.1 Å². The summed E-state index contributed by atoms with van der Waals surface area (Å²) in [5.74, 6) is 0. The third-order valence-electron chi connectivity index (χ3n) is 12.2. The van der Waals surface area contributed by atoms with E-state index in [-0.39, 0.29) is 6.17 Å². The molecule has 0 saturated heterocycles. The molecule has 2 aliphatic rings. The molecule has 0 radical (unpaired) electrons. The van der Waals surface area contributed by atoms with Crippen molar-refractivity contribution in [1.82, 2.24) is 9.13 Å². The fourth-order valence-corrected chi connectivity index (χ4v) is 9.51. The number of rotatable bonds is 5. The van der Waals surface area contributed by atoms with Crippen LogP contribution in [0.4, 0.5) is 5.69 Å². The second kappa shape index (κ2) is 13.1. The fourth-order valence-electron chi connectivity index (χ4n) is 9.51. The zero-order chi connectivity index (χ0) is 38.2. The molecule has 274 valence electrons. The molecule has 1 aliphatic carbocycles. The molecule has 0 amide bonds. The van der Waals surface area contributed by atoms with Crippen molar-refractivity contribution >= 4 is 61.0 Å².